The smallest absolute Gasteiger partial charge is 0.260 e. The number of halogens is 1. The highest BCUT2D eigenvalue weighted by atomic mass is 79.9. The van der Waals surface area contributed by atoms with Crippen LogP contribution in [0.1, 0.15) is 17.3 Å². The van der Waals surface area contributed by atoms with E-state index in [0.29, 0.717) is 30.8 Å². The third kappa shape index (κ3) is 5.00. The molecule has 0 saturated heterocycles. The van der Waals surface area contributed by atoms with Gasteiger partial charge in [-0.2, -0.15) is 0 Å². The van der Waals surface area contributed by atoms with E-state index >= 15 is 0 Å². The van der Waals surface area contributed by atoms with Crippen molar-refractivity contribution < 1.29 is 19.1 Å². The summed E-state index contributed by atoms with van der Waals surface area (Å²) in [6.07, 6.45) is 0.00654. The van der Waals surface area contributed by atoms with Gasteiger partial charge in [-0.15, -0.1) is 0 Å². The monoisotopic (exact) mass is 329 g/mol. The van der Waals surface area contributed by atoms with Gasteiger partial charge < -0.3 is 14.8 Å². The maximum atomic E-state index is 11.7. The number of methoxy groups -OCH3 is 1. The summed E-state index contributed by atoms with van der Waals surface area (Å²) in [4.78, 5) is 22.6. The van der Waals surface area contributed by atoms with Crippen LogP contribution in [0.4, 0.5) is 0 Å². The molecular weight excluding hydrogens is 314 g/mol. The first-order valence-electron chi connectivity index (χ1n) is 5.76. The third-order valence-corrected chi connectivity index (χ3v) is 2.87. The number of rotatable bonds is 7. The number of carbonyl (C=O) groups is 2. The Morgan fingerprint density at radius 1 is 1.53 bits per heavy atom. The number of ether oxygens (including phenoxy) is 2. The van der Waals surface area contributed by atoms with Crippen molar-refractivity contribution in [3.63, 3.8) is 0 Å². The highest BCUT2D eigenvalue weighted by molar-refractivity contribution is 9.10. The lowest BCUT2D eigenvalue weighted by molar-refractivity contribution is -0.127. The quantitative estimate of drug-likeness (QED) is 0.612. The maximum Gasteiger partial charge on any atom is 0.260 e. The van der Waals surface area contributed by atoms with Gasteiger partial charge in [0.1, 0.15) is 5.75 Å². The summed E-state index contributed by atoms with van der Waals surface area (Å²) in [7, 11) is 1.56. The molecule has 0 aliphatic heterocycles. The van der Waals surface area contributed by atoms with E-state index in [4.69, 9.17) is 9.47 Å². The first kappa shape index (κ1) is 15.7. The fraction of sp³-hybridized carbons (Fsp3) is 0.385. The van der Waals surface area contributed by atoms with Gasteiger partial charge >= 0.3 is 0 Å². The van der Waals surface area contributed by atoms with E-state index in [9.17, 15) is 9.59 Å². The average molecular weight is 330 g/mol. The molecule has 1 aromatic carbocycles. The van der Waals surface area contributed by atoms with Crippen molar-refractivity contribution in [1.29, 1.82) is 0 Å². The number of aldehydes is 1. The Balaban J connectivity index is 2.63. The van der Waals surface area contributed by atoms with Crippen LogP contribution in [0.15, 0.2) is 22.7 Å². The summed E-state index contributed by atoms with van der Waals surface area (Å²) in [5, 5.41) is 2.67. The molecule has 0 fully saturated rings. The van der Waals surface area contributed by atoms with E-state index in [2.05, 4.69) is 21.2 Å². The highest BCUT2D eigenvalue weighted by Gasteiger charge is 2.15. The maximum absolute atomic E-state index is 11.7. The number of amides is 1. The van der Waals surface area contributed by atoms with Crippen molar-refractivity contribution in [3.05, 3.63) is 28.2 Å². The van der Waals surface area contributed by atoms with Crippen molar-refractivity contribution in [3.8, 4) is 5.75 Å². The highest BCUT2D eigenvalue weighted by Crippen LogP contribution is 2.22. The molecular formula is C13H16BrNO4. The molecule has 1 aromatic rings. The van der Waals surface area contributed by atoms with Gasteiger partial charge in [0.25, 0.3) is 5.91 Å². The van der Waals surface area contributed by atoms with Crippen LogP contribution in [0.2, 0.25) is 0 Å². The van der Waals surface area contributed by atoms with Crippen LogP contribution in [-0.4, -0.2) is 38.6 Å². The first-order chi connectivity index (χ1) is 9.08. The van der Waals surface area contributed by atoms with Gasteiger partial charge in [-0.1, -0.05) is 15.9 Å². The molecule has 1 N–H and O–H groups in total. The Bertz CT molecular complexity index is 450. The van der Waals surface area contributed by atoms with Crippen LogP contribution < -0.4 is 10.1 Å². The van der Waals surface area contributed by atoms with Crippen LogP contribution in [0.5, 0.6) is 5.75 Å². The van der Waals surface area contributed by atoms with Crippen LogP contribution in [-0.2, 0) is 9.53 Å². The summed E-state index contributed by atoms with van der Waals surface area (Å²) in [6, 6.07) is 5.03. The molecule has 0 aliphatic rings. The molecule has 6 heteroatoms. The van der Waals surface area contributed by atoms with E-state index < -0.39 is 6.10 Å². The molecule has 19 heavy (non-hydrogen) atoms. The first-order valence-corrected chi connectivity index (χ1v) is 6.55. The van der Waals surface area contributed by atoms with Crippen LogP contribution in [0, 0.1) is 0 Å². The van der Waals surface area contributed by atoms with Crippen molar-refractivity contribution in [2.45, 2.75) is 13.0 Å². The molecule has 104 valence electrons. The number of hydrogen-bond donors (Lipinski definition) is 1. The molecule has 5 nitrogen and oxygen atoms in total. The van der Waals surface area contributed by atoms with Crippen LogP contribution in [0.25, 0.3) is 0 Å². The number of hydrogen-bond acceptors (Lipinski definition) is 4. The van der Waals surface area contributed by atoms with Gasteiger partial charge in [-0.05, 0) is 25.1 Å². The number of benzene rings is 1. The molecule has 1 unspecified atom stereocenters. The minimum Gasteiger partial charge on any atom is -0.480 e. The minimum atomic E-state index is -0.684. The largest absolute Gasteiger partial charge is 0.480 e. The zero-order chi connectivity index (χ0) is 14.3. The second-order valence-corrected chi connectivity index (χ2v) is 4.76. The predicted octanol–water partition coefficient (Wildman–Crippen LogP) is 1.79. The lowest BCUT2D eigenvalue weighted by atomic mass is 10.2. The topological polar surface area (TPSA) is 64.6 Å². The lowest BCUT2D eigenvalue weighted by Crippen LogP contribution is -2.38. The van der Waals surface area contributed by atoms with Gasteiger partial charge in [-0.3, -0.25) is 9.59 Å². The Morgan fingerprint density at radius 3 is 2.89 bits per heavy atom. The number of nitrogens with one attached hydrogen (secondary N) is 1. The fourth-order valence-electron chi connectivity index (χ4n) is 1.38. The minimum absolute atomic E-state index is 0.253. The molecule has 0 aromatic heterocycles. The molecule has 0 aliphatic carbocycles. The molecule has 1 rings (SSSR count). The molecule has 0 saturated carbocycles. The summed E-state index contributed by atoms with van der Waals surface area (Å²) < 4.78 is 11.1. The van der Waals surface area contributed by atoms with Crippen molar-refractivity contribution >= 4 is 28.1 Å². The lowest BCUT2D eigenvalue weighted by Gasteiger charge is -2.15. The Labute approximate surface area is 120 Å². The normalized spacial score (nSPS) is 11.7. The van der Waals surface area contributed by atoms with Gasteiger partial charge in [0.2, 0.25) is 0 Å². The van der Waals surface area contributed by atoms with Gasteiger partial charge in [0.05, 0.1) is 12.2 Å². The van der Waals surface area contributed by atoms with Crippen molar-refractivity contribution in [2.24, 2.45) is 0 Å². The number of carbonyl (C=O) groups excluding carboxylic acids is 2. The van der Waals surface area contributed by atoms with Crippen molar-refractivity contribution in [2.75, 3.05) is 20.3 Å². The van der Waals surface area contributed by atoms with E-state index in [1.807, 2.05) is 0 Å². The molecule has 1 atom stereocenters. The van der Waals surface area contributed by atoms with E-state index in [-0.39, 0.29) is 5.91 Å². The van der Waals surface area contributed by atoms with E-state index in [1.165, 1.54) is 0 Å². The average Bonchev–Trinajstić information content (AvgIpc) is 2.40. The fourth-order valence-corrected chi connectivity index (χ4v) is 1.76. The second-order valence-electron chi connectivity index (χ2n) is 3.84. The molecule has 0 bridgehead atoms. The second kappa shape index (κ2) is 7.91. The van der Waals surface area contributed by atoms with E-state index in [1.54, 1.807) is 32.2 Å². The molecule has 0 radical (unpaired) electrons. The summed E-state index contributed by atoms with van der Waals surface area (Å²) >= 11 is 3.27. The third-order valence-electron chi connectivity index (χ3n) is 2.38. The summed E-state index contributed by atoms with van der Waals surface area (Å²) in [6.45, 7) is 2.49. The SMILES string of the molecule is COCCNC(=O)C(C)Oc1ccc(Br)cc1C=O. The van der Waals surface area contributed by atoms with E-state index in [0.717, 1.165) is 4.47 Å². The van der Waals surface area contributed by atoms with Gasteiger partial charge in [0, 0.05) is 18.1 Å². The molecule has 1 amide bonds. The van der Waals surface area contributed by atoms with Crippen LogP contribution >= 0.6 is 15.9 Å². The molecule has 0 heterocycles. The Hall–Kier alpha value is -1.40. The summed E-state index contributed by atoms with van der Waals surface area (Å²) in [5.74, 6) is 0.129. The van der Waals surface area contributed by atoms with Crippen molar-refractivity contribution in [1.82, 2.24) is 5.32 Å². The Kier molecular flexibility index (Phi) is 6.52. The Morgan fingerprint density at radius 2 is 2.26 bits per heavy atom. The standard InChI is InChI=1S/C13H16BrNO4/c1-9(13(17)15-5-6-18-2)19-12-4-3-11(14)7-10(12)8-16/h3-4,7-9H,5-6H2,1-2H3,(H,15,17). The zero-order valence-corrected chi connectivity index (χ0v) is 12.4. The summed E-state index contributed by atoms with van der Waals surface area (Å²) in [5.41, 5.74) is 0.394. The zero-order valence-electron chi connectivity index (χ0n) is 10.8. The predicted molar refractivity (Wildman–Crippen MR) is 74.5 cm³/mol. The molecule has 0 spiro atoms. The van der Waals surface area contributed by atoms with Gasteiger partial charge in [0.15, 0.2) is 12.4 Å². The van der Waals surface area contributed by atoms with Gasteiger partial charge in [-0.25, -0.2) is 0 Å². The van der Waals surface area contributed by atoms with Crippen LogP contribution in [0.3, 0.4) is 0 Å².